The number of aryl methyl sites for hydroxylation is 1. The molecule has 0 fully saturated rings. The molecular weight excluding hydrogens is 355 g/mol. The molecule has 5 nitrogen and oxygen atoms in total. The summed E-state index contributed by atoms with van der Waals surface area (Å²) >= 11 is 13.8. The second kappa shape index (κ2) is 6.55. The number of halogens is 2. The van der Waals surface area contributed by atoms with Crippen molar-refractivity contribution in [3.63, 3.8) is 0 Å². The number of aromatic nitrogens is 4. The predicted molar refractivity (Wildman–Crippen MR) is 96.4 cm³/mol. The van der Waals surface area contributed by atoms with Gasteiger partial charge in [0.25, 0.3) is 5.56 Å². The molecule has 3 aromatic rings. The van der Waals surface area contributed by atoms with Crippen LogP contribution in [-0.4, -0.2) is 24.3 Å². The third kappa shape index (κ3) is 2.75. The molecule has 23 heavy (non-hydrogen) atoms. The summed E-state index contributed by atoms with van der Waals surface area (Å²) in [4.78, 5) is 21.6. The largest absolute Gasteiger partial charge is 0.315 e. The highest BCUT2D eigenvalue weighted by Crippen LogP contribution is 2.33. The minimum Gasteiger partial charge on any atom is -0.315 e. The van der Waals surface area contributed by atoms with Gasteiger partial charge in [-0.2, -0.15) is 0 Å². The van der Waals surface area contributed by atoms with Crippen LogP contribution in [0, 0.1) is 0 Å². The lowest BCUT2D eigenvalue weighted by atomic mass is 10.2. The summed E-state index contributed by atoms with van der Waals surface area (Å²) in [6.07, 6.45) is 1.63. The molecule has 0 aliphatic rings. The van der Waals surface area contributed by atoms with Gasteiger partial charge in [0.05, 0.1) is 16.4 Å². The third-order valence-corrected chi connectivity index (χ3v) is 5.07. The first-order valence-corrected chi connectivity index (χ1v) is 8.83. The molecule has 0 atom stereocenters. The highest BCUT2D eigenvalue weighted by molar-refractivity contribution is 7.97. The Morgan fingerprint density at radius 1 is 1.26 bits per heavy atom. The molecule has 120 valence electrons. The lowest BCUT2D eigenvalue weighted by Crippen LogP contribution is -2.20. The number of rotatable bonds is 4. The van der Waals surface area contributed by atoms with Gasteiger partial charge in [-0.3, -0.25) is 4.79 Å². The highest BCUT2D eigenvalue weighted by atomic mass is 35.5. The minimum absolute atomic E-state index is 0.194. The Balaban J connectivity index is 2.40. The van der Waals surface area contributed by atoms with Crippen molar-refractivity contribution in [2.75, 3.05) is 5.75 Å². The fourth-order valence-electron chi connectivity index (χ4n) is 2.31. The standard InChI is InChI=1S/C15H14Cl2N4OS/c1-3-20-8-18-12-14(20)19-13(21(15(12)22)23-4-2)9-6-5-7-10(16)11(9)17/h5-8H,3-4H2,1-2H3. The van der Waals surface area contributed by atoms with E-state index in [4.69, 9.17) is 23.2 Å². The molecule has 8 heteroatoms. The normalized spacial score (nSPS) is 11.3. The van der Waals surface area contributed by atoms with Crippen LogP contribution in [0.2, 0.25) is 10.0 Å². The van der Waals surface area contributed by atoms with Crippen LogP contribution < -0.4 is 5.56 Å². The zero-order valence-electron chi connectivity index (χ0n) is 12.6. The van der Waals surface area contributed by atoms with E-state index in [1.165, 1.54) is 15.9 Å². The van der Waals surface area contributed by atoms with Crippen molar-refractivity contribution in [2.45, 2.75) is 20.4 Å². The van der Waals surface area contributed by atoms with Crippen molar-refractivity contribution in [1.82, 2.24) is 18.5 Å². The molecule has 0 bridgehead atoms. The Bertz CT molecular complexity index is 935. The van der Waals surface area contributed by atoms with Crippen molar-refractivity contribution in [3.8, 4) is 11.4 Å². The van der Waals surface area contributed by atoms with E-state index in [-0.39, 0.29) is 5.56 Å². The molecule has 0 unspecified atom stereocenters. The van der Waals surface area contributed by atoms with Gasteiger partial charge in [0.1, 0.15) is 0 Å². The van der Waals surface area contributed by atoms with E-state index in [0.717, 1.165) is 0 Å². The summed E-state index contributed by atoms with van der Waals surface area (Å²) in [7, 11) is 0. The molecule has 2 heterocycles. The molecule has 0 saturated heterocycles. The van der Waals surface area contributed by atoms with E-state index < -0.39 is 0 Å². The highest BCUT2D eigenvalue weighted by Gasteiger charge is 2.19. The maximum Gasteiger partial charge on any atom is 0.292 e. The maximum absolute atomic E-state index is 12.8. The second-order valence-electron chi connectivity index (χ2n) is 4.76. The summed E-state index contributed by atoms with van der Waals surface area (Å²) in [6.45, 7) is 4.62. The second-order valence-corrected chi connectivity index (χ2v) is 6.74. The summed E-state index contributed by atoms with van der Waals surface area (Å²) in [6, 6.07) is 5.30. The van der Waals surface area contributed by atoms with Crippen molar-refractivity contribution in [1.29, 1.82) is 0 Å². The first-order valence-electron chi connectivity index (χ1n) is 7.14. The Morgan fingerprint density at radius 2 is 2.04 bits per heavy atom. The van der Waals surface area contributed by atoms with Crippen LogP contribution in [0.1, 0.15) is 13.8 Å². The molecule has 0 aliphatic heterocycles. The van der Waals surface area contributed by atoms with Crippen LogP contribution in [0.5, 0.6) is 0 Å². The van der Waals surface area contributed by atoms with Crippen molar-refractivity contribution in [3.05, 3.63) is 44.9 Å². The third-order valence-electron chi connectivity index (χ3n) is 3.39. The maximum atomic E-state index is 12.8. The minimum atomic E-state index is -0.194. The molecule has 3 rings (SSSR count). The van der Waals surface area contributed by atoms with E-state index in [0.29, 0.717) is 44.9 Å². The van der Waals surface area contributed by atoms with E-state index in [2.05, 4.69) is 9.97 Å². The lowest BCUT2D eigenvalue weighted by molar-refractivity contribution is 0.777. The monoisotopic (exact) mass is 368 g/mol. The zero-order valence-corrected chi connectivity index (χ0v) is 14.9. The van der Waals surface area contributed by atoms with Crippen LogP contribution in [-0.2, 0) is 6.54 Å². The Kier molecular flexibility index (Phi) is 4.66. The van der Waals surface area contributed by atoms with Crippen LogP contribution in [0.15, 0.2) is 29.3 Å². The first-order chi connectivity index (χ1) is 11.1. The first kappa shape index (κ1) is 16.4. The molecule has 0 radical (unpaired) electrons. The molecule has 0 spiro atoms. The van der Waals surface area contributed by atoms with Crippen molar-refractivity contribution < 1.29 is 0 Å². The fraction of sp³-hybridized carbons (Fsp3) is 0.267. The average Bonchev–Trinajstić information content (AvgIpc) is 2.96. The molecule has 0 N–H and O–H groups in total. The van der Waals surface area contributed by atoms with Crippen molar-refractivity contribution in [2.24, 2.45) is 0 Å². The SMILES string of the molecule is CCSn1c(-c2cccc(Cl)c2Cl)nc2c(ncn2CC)c1=O. The van der Waals surface area contributed by atoms with Crippen LogP contribution >= 0.6 is 35.1 Å². The molecule has 0 aliphatic carbocycles. The predicted octanol–water partition coefficient (Wildman–Crippen LogP) is 4.10. The van der Waals surface area contributed by atoms with Gasteiger partial charge in [-0.1, -0.05) is 36.2 Å². The van der Waals surface area contributed by atoms with E-state index in [9.17, 15) is 4.79 Å². The average molecular weight is 369 g/mol. The van der Waals surface area contributed by atoms with E-state index in [1.807, 2.05) is 18.4 Å². The summed E-state index contributed by atoms with van der Waals surface area (Å²) in [5.41, 5.74) is 1.34. The number of imidazole rings is 1. The molecule has 0 amide bonds. The van der Waals surface area contributed by atoms with Gasteiger partial charge in [0, 0.05) is 17.9 Å². The molecule has 0 saturated carbocycles. The van der Waals surface area contributed by atoms with Crippen LogP contribution in [0.25, 0.3) is 22.6 Å². The number of fused-ring (bicyclic) bond motifs is 1. The van der Waals surface area contributed by atoms with Gasteiger partial charge in [-0.05, 0) is 31.0 Å². The van der Waals surface area contributed by atoms with Gasteiger partial charge >= 0.3 is 0 Å². The fourth-order valence-corrected chi connectivity index (χ4v) is 3.42. The molecular formula is C15H14Cl2N4OS. The van der Waals surface area contributed by atoms with Gasteiger partial charge in [-0.15, -0.1) is 0 Å². The smallest absolute Gasteiger partial charge is 0.292 e. The Labute approximate surface area is 147 Å². The zero-order chi connectivity index (χ0) is 16.6. The van der Waals surface area contributed by atoms with E-state index >= 15 is 0 Å². The van der Waals surface area contributed by atoms with Gasteiger partial charge in [0.2, 0.25) is 0 Å². The summed E-state index contributed by atoms with van der Waals surface area (Å²) < 4.78 is 3.37. The van der Waals surface area contributed by atoms with Gasteiger partial charge in [0.15, 0.2) is 17.0 Å². The lowest BCUT2D eigenvalue weighted by Gasteiger charge is -2.12. The molecule has 1 aromatic carbocycles. The van der Waals surface area contributed by atoms with Gasteiger partial charge in [-0.25, -0.2) is 13.9 Å². The number of nitrogens with zero attached hydrogens (tertiary/aromatic N) is 4. The van der Waals surface area contributed by atoms with E-state index in [1.54, 1.807) is 24.5 Å². The number of benzene rings is 1. The molecule has 2 aromatic heterocycles. The topological polar surface area (TPSA) is 52.7 Å². The Hall–Kier alpha value is -1.50. The number of hydrogen-bond acceptors (Lipinski definition) is 4. The Morgan fingerprint density at radius 3 is 2.74 bits per heavy atom. The van der Waals surface area contributed by atoms with Gasteiger partial charge < -0.3 is 4.57 Å². The summed E-state index contributed by atoms with van der Waals surface area (Å²) in [5.74, 6) is 1.20. The summed E-state index contributed by atoms with van der Waals surface area (Å²) in [5, 5.41) is 0.809. The quantitative estimate of drug-likeness (QED) is 0.695. The number of hydrogen-bond donors (Lipinski definition) is 0. The van der Waals surface area contributed by atoms with Crippen LogP contribution in [0.4, 0.5) is 0 Å². The van der Waals surface area contributed by atoms with Crippen LogP contribution in [0.3, 0.4) is 0 Å². The van der Waals surface area contributed by atoms with Crippen molar-refractivity contribution >= 4 is 46.3 Å².